The number of ether oxygens (including phenoxy) is 1. The molecule has 0 saturated carbocycles. The van der Waals surface area contributed by atoms with Gasteiger partial charge >= 0.3 is 0 Å². The number of fused-ring (bicyclic) bond motifs is 1. The molecule has 0 fully saturated rings. The number of hydrogen-bond donors (Lipinski definition) is 3. The van der Waals surface area contributed by atoms with Crippen molar-refractivity contribution in [3.05, 3.63) is 59.3 Å². The van der Waals surface area contributed by atoms with E-state index >= 15 is 0 Å². The molecule has 4 aromatic rings. The third kappa shape index (κ3) is 4.24. The Balaban J connectivity index is 1.45. The Morgan fingerprint density at radius 3 is 2.62 bits per heavy atom. The maximum atomic E-state index is 13.2. The standard InChI is InChI=1S/C23H22N10O4/c1-11-6-9-17-29-30-21(33(11)17)14-4-3-5-16(26-14)28-22(36)12-10-32(31-23(12)37-2)15-8-7-13(19(24)34)27-18(15)20(25)35/h3-5,7-8,10-11H,6,9H2,1-2H3,(H2,24,34)(H2,25,35)(H,26,28,36)/t11-/m0/s1. The summed E-state index contributed by atoms with van der Waals surface area (Å²) >= 11 is 0. The van der Waals surface area contributed by atoms with E-state index in [-0.39, 0.29) is 40.4 Å². The third-order valence-electron chi connectivity index (χ3n) is 5.94. The molecule has 14 nitrogen and oxygen atoms in total. The van der Waals surface area contributed by atoms with Crippen LogP contribution in [0, 0.1) is 0 Å². The average molecular weight is 502 g/mol. The molecule has 14 heteroatoms. The van der Waals surface area contributed by atoms with Gasteiger partial charge in [-0.25, -0.2) is 14.6 Å². The van der Waals surface area contributed by atoms with Gasteiger partial charge in [-0.15, -0.1) is 15.3 Å². The van der Waals surface area contributed by atoms with Gasteiger partial charge in [-0.2, -0.15) is 0 Å². The summed E-state index contributed by atoms with van der Waals surface area (Å²) in [4.78, 5) is 45.0. The quantitative estimate of drug-likeness (QED) is 0.328. The summed E-state index contributed by atoms with van der Waals surface area (Å²) in [5.74, 6) is -0.494. The minimum absolute atomic E-state index is 0.0212. The normalized spacial score (nSPS) is 14.3. The summed E-state index contributed by atoms with van der Waals surface area (Å²) < 4.78 is 8.52. The van der Waals surface area contributed by atoms with Crippen molar-refractivity contribution >= 4 is 23.5 Å². The Bertz CT molecular complexity index is 1560. The molecular formula is C23H22N10O4. The predicted molar refractivity (Wildman–Crippen MR) is 129 cm³/mol. The molecule has 0 aromatic carbocycles. The summed E-state index contributed by atoms with van der Waals surface area (Å²) in [6.45, 7) is 2.10. The number of methoxy groups -OCH3 is 1. The predicted octanol–water partition coefficient (Wildman–Crippen LogP) is 0.887. The number of amides is 3. The maximum absolute atomic E-state index is 13.2. The number of pyridine rings is 2. The molecule has 4 aromatic heterocycles. The zero-order chi connectivity index (χ0) is 26.3. The Kier molecular flexibility index (Phi) is 5.83. The van der Waals surface area contributed by atoms with Crippen molar-refractivity contribution in [2.75, 3.05) is 12.4 Å². The van der Waals surface area contributed by atoms with Gasteiger partial charge in [0.25, 0.3) is 17.7 Å². The van der Waals surface area contributed by atoms with Crippen LogP contribution in [0.3, 0.4) is 0 Å². The average Bonchev–Trinajstić information content (AvgIpc) is 3.60. The molecule has 0 unspecified atom stereocenters. The molecule has 0 saturated heterocycles. The highest BCUT2D eigenvalue weighted by Gasteiger charge is 2.26. The highest BCUT2D eigenvalue weighted by atomic mass is 16.5. The van der Waals surface area contributed by atoms with Gasteiger partial charge < -0.3 is 26.1 Å². The molecule has 5 heterocycles. The minimum atomic E-state index is -0.908. The van der Waals surface area contributed by atoms with Crippen molar-refractivity contribution in [3.8, 4) is 23.1 Å². The molecule has 1 aliphatic heterocycles. The van der Waals surface area contributed by atoms with Crippen molar-refractivity contribution < 1.29 is 19.1 Å². The topological polar surface area (TPSA) is 199 Å². The first-order chi connectivity index (χ1) is 17.8. The van der Waals surface area contributed by atoms with Crippen LogP contribution >= 0.6 is 0 Å². The van der Waals surface area contributed by atoms with E-state index in [0.29, 0.717) is 11.5 Å². The second-order valence-corrected chi connectivity index (χ2v) is 8.35. The first-order valence-corrected chi connectivity index (χ1v) is 11.2. The lowest BCUT2D eigenvalue weighted by molar-refractivity contribution is 0.0988. The molecule has 1 aliphatic rings. The lowest BCUT2D eigenvalue weighted by Gasteiger charge is -2.10. The number of aryl methyl sites for hydroxylation is 1. The summed E-state index contributed by atoms with van der Waals surface area (Å²) in [6, 6.07) is 8.16. The van der Waals surface area contributed by atoms with Gasteiger partial charge in [0.05, 0.1) is 12.8 Å². The molecular weight excluding hydrogens is 480 g/mol. The summed E-state index contributed by atoms with van der Waals surface area (Å²) in [5.41, 5.74) is 11.0. The molecule has 0 spiro atoms. The number of carbonyl (C=O) groups excluding carboxylic acids is 3. The number of rotatable bonds is 7. The van der Waals surface area contributed by atoms with Gasteiger partial charge in [-0.1, -0.05) is 6.07 Å². The molecule has 5 N–H and O–H groups in total. The number of hydrogen-bond acceptors (Lipinski definition) is 9. The number of aromatic nitrogens is 7. The zero-order valence-electron chi connectivity index (χ0n) is 19.9. The fourth-order valence-electron chi connectivity index (χ4n) is 4.15. The fraction of sp³-hybridized carbons (Fsp3) is 0.217. The van der Waals surface area contributed by atoms with Crippen LogP contribution in [0.5, 0.6) is 5.88 Å². The van der Waals surface area contributed by atoms with Crippen LogP contribution in [0.15, 0.2) is 36.5 Å². The number of primary amides is 2. The Labute approximate surface area is 209 Å². The van der Waals surface area contributed by atoms with Crippen LogP contribution in [0.25, 0.3) is 17.2 Å². The Morgan fingerprint density at radius 1 is 1.08 bits per heavy atom. The molecule has 0 radical (unpaired) electrons. The van der Waals surface area contributed by atoms with E-state index in [1.54, 1.807) is 18.2 Å². The molecule has 0 bridgehead atoms. The van der Waals surface area contributed by atoms with Crippen LogP contribution < -0.4 is 21.5 Å². The van der Waals surface area contributed by atoms with E-state index in [9.17, 15) is 14.4 Å². The number of carbonyl (C=O) groups is 3. The number of nitrogens with zero attached hydrogens (tertiary/aromatic N) is 7. The molecule has 1 atom stereocenters. The van der Waals surface area contributed by atoms with E-state index in [4.69, 9.17) is 16.2 Å². The minimum Gasteiger partial charge on any atom is -0.479 e. The SMILES string of the molecule is COc1nn(-c2ccc(C(N)=O)nc2C(N)=O)cc1C(=O)Nc1cccc(-c2nnc3n2[C@@H](C)CC3)n1. The molecule has 0 aliphatic carbocycles. The van der Waals surface area contributed by atoms with Crippen molar-refractivity contribution in [1.82, 2.24) is 34.5 Å². The van der Waals surface area contributed by atoms with Gasteiger partial charge in [-0.3, -0.25) is 14.4 Å². The van der Waals surface area contributed by atoms with E-state index in [2.05, 4.69) is 42.1 Å². The summed E-state index contributed by atoms with van der Waals surface area (Å²) in [5, 5.41) is 15.5. The van der Waals surface area contributed by atoms with Crippen molar-refractivity contribution in [3.63, 3.8) is 0 Å². The van der Waals surface area contributed by atoms with Gasteiger partial charge in [-0.05, 0) is 37.6 Å². The first-order valence-electron chi connectivity index (χ1n) is 11.2. The number of nitrogens with two attached hydrogens (primary N) is 2. The fourth-order valence-corrected chi connectivity index (χ4v) is 4.15. The van der Waals surface area contributed by atoms with Gasteiger partial charge in [0, 0.05) is 18.7 Å². The van der Waals surface area contributed by atoms with Gasteiger partial charge in [0.2, 0.25) is 5.88 Å². The van der Waals surface area contributed by atoms with Crippen LogP contribution in [0.2, 0.25) is 0 Å². The molecule has 3 amide bonds. The second-order valence-electron chi connectivity index (χ2n) is 8.35. The third-order valence-corrected chi connectivity index (χ3v) is 5.94. The number of anilines is 1. The van der Waals surface area contributed by atoms with Crippen LogP contribution in [0.4, 0.5) is 5.82 Å². The molecule has 37 heavy (non-hydrogen) atoms. The van der Waals surface area contributed by atoms with Crippen molar-refractivity contribution in [1.29, 1.82) is 0 Å². The zero-order valence-corrected chi connectivity index (χ0v) is 19.9. The molecule has 5 rings (SSSR count). The lowest BCUT2D eigenvalue weighted by Crippen LogP contribution is -2.21. The van der Waals surface area contributed by atoms with E-state index in [1.807, 2.05) is 0 Å². The lowest BCUT2D eigenvalue weighted by atomic mass is 10.2. The Morgan fingerprint density at radius 2 is 1.89 bits per heavy atom. The monoisotopic (exact) mass is 502 g/mol. The smallest absolute Gasteiger partial charge is 0.269 e. The van der Waals surface area contributed by atoms with Crippen molar-refractivity contribution in [2.24, 2.45) is 11.5 Å². The largest absolute Gasteiger partial charge is 0.479 e. The van der Waals surface area contributed by atoms with Crippen LogP contribution in [0.1, 0.15) is 56.5 Å². The van der Waals surface area contributed by atoms with Gasteiger partial charge in [0.1, 0.15) is 28.6 Å². The molecule has 188 valence electrons. The first kappa shape index (κ1) is 23.6. The van der Waals surface area contributed by atoms with E-state index in [0.717, 1.165) is 18.7 Å². The van der Waals surface area contributed by atoms with Crippen LogP contribution in [-0.4, -0.2) is 59.3 Å². The summed E-state index contributed by atoms with van der Waals surface area (Å²) in [6.07, 6.45) is 3.18. The van der Waals surface area contributed by atoms with Crippen molar-refractivity contribution in [2.45, 2.75) is 25.8 Å². The number of nitrogens with one attached hydrogen (secondary N) is 1. The second kappa shape index (κ2) is 9.14. The Hall–Kier alpha value is -5.14. The highest BCUT2D eigenvalue weighted by Crippen LogP contribution is 2.30. The maximum Gasteiger partial charge on any atom is 0.269 e. The van der Waals surface area contributed by atoms with Crippen LogP contribution in [-0.2, 0) is 6.42 Å². The van der Waals surface area contributed by atoms with Gasteiger partial charge in [0.15, 0.2) is 11.5 Å². The highest BCUT2D eigenvalue weighted by molar-refractivity contribution is 6.05. The van der Waals surface area contributed by atoms with E-state index < -0.39 is 17.7 Å². The van der Waals surface area contributed by atoms with E-state index in [1.165, 1.54) is 30.1 Å². The summed E-state index contributed by atoms with van der Waals surface area (Å²) in [7, 11) is 1.35.